The molecule has 1 heteroatoms. The van der Waals surface area contributed by atoms with Gasteiger partial charge in [-0.1, -0.05) is 20.8 Å². The van der Waals surface area contributed by atoms with Gasteiger partial charge in [0.2, 0.25) is 0 Å². The zero-order valence-electron chi connectivity index (χ0n) is 10.3. The third-order valence-electron chi connectivity index (χ3n) is 3.95. The van der Waals surface area contributed by atoms with E-state index in [2.05, 4.69) is 20.8 Å². The first-order valence-electron chi connectivity index (χ1n) is 6.07. The average Bonchev–Trinajstić information content (AvgIpc) is 2.09. The third kappa shape index (κ3) is 3.61. The molecule has 1 rings (SSSR count). The van der Waals surface area contributed by atoms with Crippen LogP contribution in [0.4, 0.5) is 0 Å². The molecule has 0 heterocycles. The first kappa shape index (κ1) is 12.0. The smallest absolute Gasteiger partial charge is 0.0619 e. The Kier molecular flexibility index (Phi) is 3.63. The fourth-order valence-corrected chi connectivity index (χ4v) is 2.43. The van der Waals surface area contributed by atoms with Gasteiger partial charge in [0, 0.05) is 0 Å². The van der Waals surface area contributed by atoms with E-state index < -0.39 is 5.60 Å². The molecule has 0 aromatic rings. The van der Waals surface area contributed by atoms with Crippen molar-refractivity contribution in [3.8, 4) is 0 Å². The van der Waals surface area contributed by atoms with Crippen molar-refractivity contribution in [2.45, 2.75) is 71.8 Å². The number of hydrogen-bond acceptors (Lipinski definition) is 1. The van der Waals surface area contributed by atoms with Crippen LogP contribution in [0.2, 0.25) is 0 Å². The Labute approximate surface area is 88.9 Å². The van der Waals surface area contributed by atoms with E-state index in [9.17, 15) is 5.11 Å². The van der Waals surface area contributed by atoms with Crippen LogP contribution >= 0.6 is 0 Å². The minimum absolute atomic E-state index is 0.424. The molecule has 0 spiro atoms. The number of rotatable bonds is 3. The van der Waals surface area contributed by atoms with Crippen molar-refractivity contribution in [2.24, 2.45) is 11.3 Å². The first-order chi connectivity index (χ1) is 6.35. The zero-order valence-corrected chi connectivity index (χ0v) is 10.3. The molecule has 1 nitrogen and oxygen atoms in total. The van der Waals surface area contributed by atoms with Crippen LogP contribution in [0.15, 0.2) is 0 Å². The molecule has 0 bridgehead atoms. The maximum Gasteiger partial charge on any atom is 0.0619 e. The number of aliphatic hydroxyl groups is 1. The van der Waals surface area contributed by atoms with Crippen molar-refractivity contribution in [1.82, 2.24) is 0 Å². The minimum atomic E-state index is -0.424. The van der Waals surface area contributed by atoms with Crippen molar-refractivity contribution in [1.29, 1.82) is 0 Å². The van der Waals surface area contributed by atoms with E-state index in [1.165, 1.54) is 25.7 Å². The van der Waals surface area contributed by atoms with Crippen LogP contribution < -0.4 is 0 Å². The predicted molar refractivity (Wildman–Crippen MR) is 61.3 cm³/mol. The summed E-state index contributed by atoms with van der Waals surface area (Å²) in [6.45, 7) is 8.78. The summed E-state index contributed by atoms with van der Waals surface area (Å²) in [6, 6.07) is 0. The van der Waals surface area contributed by atoms with Crippen LogP contribution in [-0.2, 0) is 0 Å². The monoisotopic (exact) mass is 198 g/mol. The minimum Gasteiger partial charge on any atom is -0.390 e. The van der Waals surface area contributed by atoms with E-state index in [1.54, 1.807) is 0 Å². The second kappa shape index (κ2) is 4.22. The quantitative estimate of drug-likeness (QED) is 0.732. The highest BCUT2D eigenvalue weighted by Crippen LogP contribution is 2.40. The molecular formula is C13H26O. The van der Waals surface area contributed by atoms with Crippen LogP contribution in [0.5, 0.6) is 0 Å². The molecule has 0 saturated heterocycles. The predicted octanol–water partition coefficient (Wildman–Crippen LogP) is 3.75. The molecule has 1 N–H and O–H groups in total. The van der Waals surface area contributed by atoms with Crippen LogP contribution in [0.1, 0.15) is 66.2 Å². The standard InChI is InChI=1S/C13H26O/c1-5-13(4,14)10-11-6-8-12(2,3)9-7-11/h11,14H,5-10H2,1-4H3. The lowest BCUT2D eigenvalue weighted by Gasteiger charge is -2.37. The van der Waals surface area contributed by atoms with Gasteiger partial charge in [-0.3, -0.25) is 0 Å². The lowest BCUT2D eigenvalue weighted by Crippen LogP contribution is -2.30. The Morgan fingerprint density at radius 1 is 1.29 bits per heavy atom. The van der Waals surface area contributed by atoms with Crippen molar-refractivity contribution < 1.29 is 5.11 Å². The average molecular weight is 198 g/mol. The van der Waals surface area contributed by atoms with Crippen molar-refractivity contribution in [3.05, 3.63) is 0 Å². The Hall–Kier alpha value is -0.0400. The highest BCUT2D eigenvalue weighted by Gasteiger charge is 2.30. The van der Waals surface area contributed by atoms with E-state index in [0.29, 0.717) is 5.41 Å². The summed E-state index contributed by atoms with van der Waals surface area (Å²) in [4.78, 5) is 0. The van der Waals surface area contributed by atoms with Gasteiger partial charge in [0.25, 0.3) is 0 Å². The third-order valence-corrected chi connectivity index (χ3v) is 3.95. The molecule has 1 aliphatic rings. The maximum absolute atomic E-state index is 10.0. The summed E-state index contributed by atoms with van der Waals surface area (Å²) in [6.07, 6.45) is 7.16. The summed E-state index contributed by atoms with van der Waals surface area (Å²) in [5.74, 6) is 0.762. The SMILES string of the molecule is CCC(C)(O)CC1CCC(C)(C)CC1. The van der Waals surface area contributed by atoms with E-state index in [0.717, 1.165) is 18.8 Å². The summed E-state index contributed by atoms with van der Waals surface area (Å²) in [5, 5.41) is 10.0. The van der Waals surface area contributed by atoms with E-state index >= 15 is 0 Å². The van der Waals surface area contributed by atoms with Crippen LogP contribution in [-0.4, -0.2) is 10.7 Å². The molecule has 0 aliphatic heterocycles. The Bertz CT molecular complexity index is 172. The van der Waals surface area contributed by atoms with Gasteiger partial charge in [0.05, 0.1) is 5.60 Å². The van der Waals surface area contributed by atoms with E-state index in [-0.39, 0.29) is 0 Å². The van der Waals surface area contributed by atoms with Gasteiger partial charge < -0.3 is 5.11 Å². The molecule has 1 fully saturated rings. The maximum atomic E-state index is 10.0. The first-order valence-corrected chi connectivity index (χ1v) is 6.07. The lowest BCUT2D eigenvalue weighted by molar-refractivity contribution is 0.0167. The van der Waals surface area contributed by atoms with Crippen LogP contribution in [0.3, 0.4) is 0 Å². The summed E-state index contributed by atoms with van der Waals surface area (Å²) < 4.78 is 0. The largest absolute Gasteiger partial charge is 0.390 e. The molecule has 0 aromatic heterocycles. The van der Waals surface area contributed by atoms with Crippen LogP contribution in [0, 0.1) is 11.3 Å². The molecule has 1 atom stereocenters. The van der Waals surface area contributed by atoms with Crippen molar-refractivity contribution in [3.63, 3.8) is 0 Å². The molecule has 1 unspecified atom stereocenters. The van der Waals surface area contributed by atoms with Crippen molar-refractivity contribution >= 4 is 0 Å². The Morgan fingerprint density at radius 3 is 2.21 bits per heavy atom. The zero-order chi connectivity index (χ0) is 10.8. The molecule has 14 heavy (non-hydrogen) atoms. The molecule has 1 saturated carbocycles. The molecule has 0 radical (unpaired) electrons. The van der Waals surface area contributed by atoms with E-state index in [4.69, 9.17) is 0 Å². The molecule has 1 aliphatic carbocycles. The molecule has 84 valence electrons. The molecular weight excluding hydrogens is 172 g/mol. The van der Waals surface area contributed by atoms with E-state index in [1.807, 2.05) is 6.92 Å². The van der Waals surface area contributed by atoms with Crippen molar-refractivity contribution in [2.75, 3.05) is 0 Å². The van der Waals surface area contributed by atoms with Gasteiger partial charge >= 0.3 is 0 Å². The molecule has 0 amide bonds. The normalized spacial score (nSPS) is 27.2. The Balaban J connectivity index is 2.36. The summed E-state index contributed by atoms with van der Waals surface area (Å²) in [7, 11) is 0. The van der Waals surface area contributed by atoms with Gasteiger partial charge in [0.15, 0.2) is 0 Å². The van der Waals surface area contributed by atoms with Gasteiger partial charge in [-0.15, -0.1) is 0 Å². The Morgan fingerprint density at radius 2 is 1.79 bits per heavy atom. The van der Waals surface area contributed by atoms with Gasteiger partial charge in [0.1, 0.15) is 0 Å². The van der Waals surface area contributed by atoms with Gasteiger partial charge in [-0.2, -0.15) is 0 Å². The molecule has 0 aromatic carbocycles. The number of hydrogen-bond donors (Lipinski definition) is 1. The summed E-state index contributed by atoms with van der Waals surface area (Å²) >= 11 is 0. The highest BCUT2D eigenvalue weighted by molar-refractivity contribution is 4.83. The highest BCUT2D eigenvalue weighted by atomic mass is 16.3. The lowest BCUT2D eigenvalue weighted by atomic mass is 9.70. The van der Waals surface area contributed by atoms with Crippen LogP contribution in [0.25, 0.3) is 0 Å². The topological polar surface area (TPSA) is 20.2 Å². The second-order valence-electron chi connectivity index (χ2n) is 6.16. The second-order valence-corrected chi connectivity index (χ2v) is 6.16. The summed E-state index contributed by atoms with van der Waals surface area (Å²) in [5.41, 5.74) is 0.126. The van der Waals surface area contributed by atoms with Gasteiger partial charge in [-0.05, 0) is 56.8 Å². The fraction of sp³-hybridized carbons (Fsp3) is 1.00. The fourth-order valence-electron chi connectivity index (χ4n) is 2.43. The van der Waals surface area contributed by atoms with Gasteiger partial charge in [-0.25, -0.2) is 0 Å².